The number of halogens is 2. The molecule has 0 amide bonds. The first kappa shape index (κ1) is 15.6. The fourth-order valence-electron chi connectivity index (χ4n) is 1.84. The van der Waals surface area contributed by atoms with Gasteiger partial charge in [-0.15, -0.1) is 0 Å². The number of nitrogens with zero attached hydrogens (tertiary/aromatic N) is 1. The summed E-state index contributed by atoms with van der Waals surface area (Å²) in [5.41, 5.74) is -0.280. The molecule has 0 spiro atoms. The van der Waals surface area contributed by atoms with Crippen molar-refractivity contribution < 1.29 is 13.6 Å². The summed E-state index contributed by atoms with van der Waals surface area (Å²) in [6.07, 6.45) is 1.02. The Morgan fingerprint density at radius 2 is 2.05 bits per heavy atom. The van der Waals surface area contributed by atoms with Crippen LogP contribution < -0.4 is 10.9 Å². The molecule has 0 aliphatic carbocycles. The average Bonchev–Trinajstić information content (AvgIpc) is 2.50. The number of alkyl halides is 2. The van der Waals surface area contributed by atoms with E-state index in [0.717, 1.165) is 6.08 Å². The number of aryl methyl sites for hydroxylation is 1. The molecule has 0 saturated carbocycles. The first-order valence-electron chi connectivity index (χ1n) is 6.43. The van der Waals surface area contributed by atoms with Crippen molar-refractivity contribution in [2.45, 2.75) is 12.8 Å². The lowest BCUT2D eigenvalue weighted by Gasteiger charge is -2.17. The number of H-pyrrole nitrogens is 1. The zero-order valence-corrected chi connectivity index (χ0v) is 11.7. The van der Waals surface area contributed by atoms with Gasteiger partial charge in [0.1, 0.15) is 5.94 Å². The van der Waals surface area contributed by atoms with Crippen LogP contribution in [0.4, 0.5) is 14.6 Å². The molecule has 22 heavy (non-hydrogen) atoms. The fraction of sp³-hybridized carbons (Fsp3) is 0.200. The molecule has 114 valence electrons. The summed E-state index contributed by atoms with van der Waals surface area (Å²) in [6.45, 7) is 0.750. The summed E-state index contributed by atoms with van der Waals surface area (Å²) >= 11 is 0. The topological polar surface area (TPSA) is 74.8 Å². The second-order valence-corrected chi connectivity index (χ2v) is 4.61. The zero-order chi connectivity index (χ0) is 16.2. The van der Waals surface area contributed by atoms with Gasteiger partial charge in [0.15, 0.2) is 5.82 Å². The lowest BCUT2D eigenvalue weighted by Crippen LogP contribution is -2.28. The van der Waals surface area contributed by atoms with Crippen molar-refractivity contribution in [3.8, 4) is 0 Å². The van der Waals surface area contributed by atoms with E-state index in [1.807, 2.05) is 0 Å². The van der Waals surface area contributed by atoms with E-state index in [1.54, 1.807) is 13.0 Å². The van der Waals surface area contributed by atoms with Crippen molar-refractivity contribution in [2.75, 3.05) is 11.9 Å². The maximum Gasteiger partial charge on any atom is 0.290 e. The maximum atomic E-state index is 14.0. The van der Waals surface area contributed by atoms with Crippen LogP contribution in [0.15, 0.2) is 35.1 Å². The van der Waals surface area contributed by atoms with E-state index in [-0.39, 0.29) is 17.1 Å². The first-order valence-corrected chi connectivity index (χ1v) is 6.43. The van der Waals surface area contributed by atoms with E-state index in [4.69, 9.17) is 0 Å². The van der Waals surface area contributed by atoms with Crippen LogP contribution in [0, 0.1) is 6.92 Å². The van der Waals surface area contributed by atoms with Gasteiger partial charge in [0.05, 0.1) is 12.2 Å². The Morgan fingerprint density at radius 1 is 1.36 bits per heavy atom. The summed E-state index contributed by atoms with van der Waals surface area (Å²) in [5.74, 6) is -1.91. The first-order chi connectivity index (χ1) is 10.4. The van der Waals surface area contributed by atoms with Crippen LogP contribution in [0.2, 0.25) is 0 Å². The molecule has 0 saturated heterocycles. The largest absolute Gasteiger partial charge is 0.359 e. The van der Waals surface area contributed by atoms with Gasteiger partial charge in [0.25, 0.3) is 11.5 Å². The number of nitrogens with one attached hydrogen (secondary N) is 2. The molecule has 2 rings (SSSR count). The number of hydrogen-bond acceptors (Lipinski definition) is 4. The minimum absolute atomic E-state index is 0.167. The molecular formula is C15H13F2N3O2. The van der Waals surface area contributed by atoms with Crippen LogP contribution in [-0.4, -0.2) is 22.5 Å². The van der Waals surface area contributed by atoms with Gasteiger partial charge in [0.2, 0.25) is 0 Å². The number of hydrogen-bond donors (Lipinski definition) is 2. The Morgan fingerprint density at radius 3 is 2.68 bits per heavy atom. The van der Waals surface area contributed by atoms with Crippen LogP contribution in [0.1, 0.15) is 17.0 Å². The summed E-state index contributed by atoms with van der Waals surface area (Å²) < 4.78 is 28.1. The zero-order valence-electron chi connectivity index (χ0n) is 11.7. The molecule has 2 N–H and O–H groups in total. The fourth-order valence-corrected chi connectivity index (χ4v) is 1.84. The molecule has 0 fully saturated rings. The van der Waals surface area contributed by atoms with E-state index in [0.29, 0.717) is 5.69 Å². The minimum Gasteiger partial charge on any atom is -0.359 e. The van der Waals surface area contributed by atoms with Crippen molar-refractivity contribution in [3.63, 3.8) is 0 Å². The number of benzene rings is 1. The highest BCUT2D eigenvalue weighted by Gasteiger charge is 2.31. The van der Waals surface area contributed by atoms with Crippen LogP contribution >= 0.6 is 0 Å². The average molecular weight is 305 g/mol. The molecule has 0 aliphatic heterocycles. The van der Waals surface area contributed by atoms with Gasteiger partial charge in [-0.25, -0.2) is 9.78 Å². The molecule has 0 radical (unpaired) electrons. The van der Waals surface area contributed by atoms with E-state index < -0.39 is 18.0 Å². The highest BCUT2D eigenvalue weighted by Crippen LogP contribution is 2.27. The molecule has 0 bridgehead atoms. The lowest BCUT2D eigenvalue weighted by molar-refractivity contribution is 0.0105. The number of aromatic nitrogens is 2. The minimum atomic E-state index is -3.17. The van der Waals surface area contributed by atoms with Gasteiger partial charge in [-0.3, -0.25) is 4.79 Å². The smallest absolute Gasteiger partial charge is 0.290 e. The molecule has 5 nitrogen and oxygen atoms in total. The van der Waals surface area contributed by atoms with Crippen LogP contribution in [-0.2, 0) is 10.7 Å². The highest BCUT2D eigenvalue weighted by atomic mass is 19.3. The third kappa shape index (κ3) is 3.45. The predicted molar refractivity (Wildman–Crippen MR) is 78.6 cm³/mol. The standard InChI is InChI=1S/C15H13F2N3O2/c1-10-12(7-8-21)20-13(14(22)19-10)18-9-15(16,17)11-5-3-2-4-6-11/h2-7H,9H2,1H3,(H,18,20)(H,19,22). The van der Waals surface area contributed by atoms with Gasteiger partial charge < -0.3 is 10.3 Å². The van der Waals surface area contributed by atoms with Crippen LogP contribution in [0.25, 0.3) is 6.08 Å². The lowest BCUT2D eigenvalue weighted by atomic mass is 10.1. The molecule has 0 aliphatic rings. The summed E-state index contributed by atoms with van der Waals surface area (Å²) in [5, 5.41) is 2.32. The molecular weight excluding hydrogens is 292 g/mol. The van der Waals surface area contributed by atoms with E-state index in [9.17, 15) is 18.4 Å². The van der Waals surface area contributed by atoms with E-state index >= 15 is 0 Å². The Balaban J connectivity index is 2.23. The molecule has 0 atom stereocenters. The Bertz CT molecular complexity index is 766. The quantitative estimate of drug-likeness (QED) is 0.830. The third-order valence-corrected chi connectivity index (χ3v) is 3.00. The second kappa shape index (κ2) is 6.32. The van der Waals surface area contributed by atoms with Crippen molar-refractivity contribution >= 4 is 17.8 Å². The van der Waals surface area contributed by atoms with Crippen molar-refractivity contribution in [1.82, 2.24) is 9.97 Å². The molecule has 1 heterocycles. The van der Waals surface area contributed by atoms with E-state index in [1.165, 1.54) is 30.2 Å². The predicted octanol–water partition coefficient (Wildman–Crippen LogP) is 2.13. The van der Waals surface area contributed by atoms with Gasteiger partial charge in [-0.2, -0.15) is 8.78 Å². The molecule has 2 aromatic rings. The van der Waals surface area contributed by atoms with Gasteiger partial charge in [-0.1, -0.05) is 30.3 Å². The third-order valence-electron chi connectivity index (χ3n) is 3.00. The van der Waals surface area contributed by atoms with Crippen LogP contribution in [0.5, 0.6) is 0 Å². The van der Waals surface area contributed by atoms with Gasteiger partial charge >= 0.3 is 0 Å². The van der Waals surface area contributed by atoms with Crippen molar-refractivity contribution in [2.24, 2.45) is 0 Å². The summed E-state index contributed by atoms with van der Waals surface area (Å²) in [7, 11) is 0. The van der Waals surface area contributed by atoms with Crippen molar-refractivity contribution in [1.29, 1.82) is 0 Å². The summed E-state index contributed by atoms with van der Waals surface area (Å²) in [4.78, 5) is 28.4. The maximum absolute atomic E-state index is 14.0. The molecule has 1 aromatic heterocycles. The molecule has 0 unspecified atom stereocenters. The van der Waals surface area contributed by atoms with Crippen LogP contribution in [0.3, 0.4) is 0 Å². The number of carbonyl (C=O) groups excluding carboxylic acids is 1. The number of anilines is 1. The Labute approximate surface area is 124 Å². The van der Waals surface area contributed by atoms with Crippen molar-refractivity contribution in [3.05, 3.63) is 57.6 Å². The van der Waals surface area contributed by atoms with Gasteiger partial charge in [-0.05, 0) is 6.92 Å². The monoisotopic (exact) mass is 305 g/mol. The van der Waals surface area contributed by atoms with E-state index in [2.05, 4.69) is 15.3 Å². The normalized spacial score (nSPS) is 10.9. The van der Waals surface area contributed by atoms with Gasteiger partial charge in [0, 0.05) is 17.3 Å². The highest BCUT2D eigenvalue weighted by molar-refractivity contribution is 5.74. The number of aromatic amines is 1. The second-order valence-electron chi connectivity index (χ2n) is 4.61. The Kier molecular flexibility index (Phi) is 4.48. The molecule has 7 heteroatoms. The number of rotatable bonds is 5. The Hall–Kier alpha value is -2.79. The molecule has 1 aromatic carbocycles. The SMILES string of the molecule is Cc1[nH]c(=O)c(NCC(F)(F)c2ccccc2)nc1C=C=O. The summed E-state index contributed by atoms with van der Waals surface area (Å²) in [6, 6.07) is 7.25.